The highest BCUT2D eigenvalue weighted by molar-refractivity contribution is 9.10. The van der Waals surface area contributed by atoms with Crippen LogP contribution in [0.2, 0.25) is 0 Å². The van der Waals surface area contributed by atoms with E-state index in [4.69, 9.17) is 4.74 Å². The highest BCUT2D eigenvalue weighted by atomic mass is 79.9. The fourth-order valence-corrected chi connectivity index (χ4v) is 3.83. The molecule has 0 bridgehead atoms. The van der Waals surface area contributed by atoms with E-state index in [1.807, 2.05) is 55.5 Å². The van der Waals surface area contributed by atoms with Gasteiger partial charge in [0.1, 0.15) is 18.4 Å². The largest absolute Gasteiger partial charge is 0.489 e. The molecule has 1 aliphatic rings. The van der Waals surface area contributed by atoms with Crippen molar-refractivity contribution in [3.63, 3.8) is 0 Å². The Kier molecular flexibility index (Phi) is 7.54. The van der Waals surface area contributed by atoms with E-state index in [0.29, 0.717) is 13.0 Å². The summed E-state index contributed by atoms with van der Waals surface area (Å²) in [6.45, 7) is 4.47. The summed E-state index contributed by atoms with van der Waals surface area (Å²) >= 11 is 3.42. The summed E-state index contributed by atoms with van der Waals surface area (Å²) < 4.78 is 6.89. The van der Waals surface area contributed by atoms with Crippen LogP contribution in [0.4, 0.5) is 0 Å². The van der Waals surface area contributed by atoms with Crippen molar-refractivity contribution in [3.8, 4) is 5.75 Å². The smallest absolute Gasteiger partial charge is 0.258 e. The van der Waals surface area contributed by atoms with E-state index in [1.165, 1.54) is 5.56 Å². The Balaban J connectivity index is 1.28. The molecule has 3 aromatic rings. The molecule has 0 aromatic heterocycles. The summed E-state index contributed by atoms with van der Waals surface area (Å²) in [4.78, 5) is 12.6. The van der Waals surface area contributed by atoms with Gasteiger partial charge in [-0.3, -0.25) is 4.79 Å². The lowest BCUT2D eigenvalue weighted by atomic mass is 10.0. The lowest BCUT2D eigenvalue weighted by molar-refractivity contribution is -0.122. The topological polar surface area (TPSA) is 74.8 Å². The molecule has 170 valence electrons. The van der Waals surface area contributed by atoms with Crippen molar-refractivity contribution in [2.24, 2.45) is 5.10 Å². The quantitative estimate of drug-likeness (QED) is 0.318. The number of hydrazone groups is 1. The summed E-state index contributed by atoms with van der Waals surface area (Å²) in [6, 6.07) is 23.8. The van der Waals surface area contributed by atoms with Crippen LogP contribution < -0.4 is 21.0 Å². The van der Waals surface area contributed by atoms with Gasteiger partial charge in [-0.05, 0) is 61.2 Å². The van der Waals surface area contributed by atoms with Crippen LogP contribution in [-0.4, -0.2) is 17.7 Å². The maximum atomic E-state index is 12.6. The van der Waals surface area contributed by atoms with Crippen LogP contribution in [0.1, 0.15) is 41.6 Å². The molecular formula is C26H27BrN4O2. The van der Waals surface area contributed by atoms with Crippen molar-refractivity contribution in [3.05, 3.63) is 99.5 Å². The van der Waals surface area contributed by atoms with Gasteiger partial charge in [0.2, 0.25) is 0 Å². The fraction of sp³-hybridized carbons (Fsp3) is 0.231. The highest BCUT2D eigenvalue weighted by Gasteiger charge is 2.30. The molecular weight excluding hydrogens is 480 g/mol. The average molecular weight is 507 g/mol. The molecule has 6 nitrogen and oxygen atoms in total. The maximum absolute atomic E-state index is 12.6. The van der Waals surface area contributed by atoms with E-state index in [2.05, 4.69) is 68.5 Å². The van der Waals surface area contributed by atoms with Gasteiger partial charge in [0.25, 0.3) is 5.91 Å². The Morgan fingerprint density at radius 1 is 1.03 bits per heavy atom. The van der Waals surface area contributed by atoms with Crippen LogP contribution in [-0.2, 0) is 11.4 Å². The lowest BCUT2D eigenvalue weighted by Crippen LogP contribution is -2.41. The molecule has 1 aliphatic heterocycles. The third-order valence-electron chi connectivity index (χ3n) is 5.62. The van der Waals surface area contributed by atoms with Crippen molar-refractivity contribution in [1.82, 2.24) is 16.3 Å². The van der Waals surface area contributed by atoms with E-state index in [-0.39, 0.29) is 18.0 Å². The normalized spacial score (nSPS) is 18.2. The number of nitrogens with zero attached hydrogens (tertiary/aromatic N) is 1. The Hall–Kier alpha value is -3.00. The third kappa shape index (κ3) is 6.28. The molecule has 0 saturated carbocycles. The highest BCUT2D eigenvalue weighted by Crippen LogP contribution is 2.25. The Bertz CT molecular complexity index is 1110. The number of hydrogen-bond acceptors (Lipinski definition) is 5. The minimum atomic E-state index is -0.367. The zero-order valence-electron chi connectivity index (χ0n) is 18.6. The van der Waals surface area contributed by atoms with Gasteiger partial charge in [-0.1, -0.05) is 70.0 Å². The van der Waals surface area contributed by atoms with Gasteiger partial charge in [0.05, 0.1) is 5.71 Å². The summed E-state index contributed by atoms with van der Waals surface area (Å²) in [5, 5.41) is 4.25. The van der Waals surface area contributed by atoms with Gasteiger partial charge >= 0.3 is 0 Å². The average Bonchev–Trinajstić information content (AvgIpc) is 3.33. The molecule has 4 rings (SSSR count). The predicted molar refractivity (Wildman–Crippen MR) is 134 cm³/mol. The van der Waals surface area contributed by atoms with Crippen molar-refractivity contribution >= 4 is 27.5 Å². The first-order valence-electron chi connectivity index (χ1n) is 10.9. The standard InChI is InChI=1S/C26H27BrN4O2/c1-17-3-5-19(6-4-17)16-33-23-13-9-21(10-14-23)24-15-25(30-29-24)26(32)31-28-18(2)20-7-11-22(27)12-8-20/h3-14,24-25,29-30H,15-16H2,1-2H3,(H,31,32)/b28-18+. The van der Waals surface area contributed by atoms with Crippen LogP contribution >= 0.6 is 15.9 Å². The predicted octanol–water partition coefficient (Wildman–Crippen LogP) is 4.78. The molecule has 7 heteroatoms. The van der Waals surface area contributed by atoms with Gasteiger partial charge in [0.15, 0.2) is 0 Å². The monoisotopic (exact) mass is 506 g/mol. The van der Waals surface area contributed by atoms with E-state index in [9.17, 15) is 4.79 Å². The van der Waals surface area contributed by atoms with Crippen LogP contribution in [0.25, 0.3) is 0 Å². The molecule has 3 N–H and O–H groups in total. The first-order valence-corrected chi connectivity index (χ1v) is 11.7. The molecule has 3 aromatic carbocycles. The molecule has 0 spiro atoms. The zero-order valence-corrected chi connectivity index (χ0v) is 20.2. The molecule has 1 heterocycles. The van der Waals surface area contributed by atoms with Crippen LogP contribution in [0.3, 0.4) is 0 Å². The second-order valence-electron chi connectivity index (χ2n) is 8.15. The molecule has 1 fully saturated rings. The van der Waals surface area contributed by atoms with Crippen LogP contribution in [0, 0.1) is 6.92 Å². The fourth-order valence-electron chi connectivity index (χ4n) is 3.57. The Morgan fingerprint density at radius 3 is 2.42 bits per heavy atom. The molecule has 0 radical (unpaired) electrons. The van der Waals surface area contributed by atoms with Crippen molar-refractivity contribution in [2.75, 3.05) is 0 Å². The van der Waals surface area contributed by atoms with Crippen LogP contribution in [0.15, 0.2) is 82.4 Å². The number of aryl methyl sites for hydroxylation is 1. The van der Waals surface area contributed by atoms with Gasteiger partial charge < -0.3 is 4.74 Å². The van der Waals surface area contributed by atoms with E-state index >= 15 is 0 Å². The first-order chi connectivity index (χ1) is 16.0. The minimum absolute atomic E-state index is 0.0310. The van der Waals surface area contributed by atoms with Crippen LogP contribution in [0.5, 0.6) is 5.75 Å². The van der Waals surface area contributed by atoms with Gasteiger partial charge in [-0.2, -0.15) is 5.10 Å². The number of ether oxygens (including phenoxy) is 1. The molecule has 1 amide bonds. The molecule has 33 heavy (non-hydrogen) atoms. The Morgan fingerprint density at radius 2 is 1.73 bits per heavy atom. The van der Waals surface area contributed by atoms with E-state index < -0.39 is 0 Å². The zero-order chi connectivity index (χ0) is 23.2. The van der Waals surface area contributed by atoms with Gasteiger partial charge in [0, 0.05) is 10.5 Å². The lowest BCUT2D eigenvalue weighted by Gasteiger charge is -2.11. The van der Waals surface area contributed by atoms with Gasteiger partial charge in [-0.15, -0.1) is 0 Å². The SMILES string of the molecule is C/C(=N\NC(=O)C1CC(c2ccc(OCc3ccc(C)cc3)cc2)NN1)c1ccc(Br)cc1. The molecule has 2 atom stereocenters. The number of amides is 1. The summed E-state index contributed by atoms with van der Waals surface area (Å²) in [6.07, 6.45) is 0.627. The first kappa shape index (κ1) is 23.2. The molecule has 0 aliphatic carbocycles. The Labute approximate surface area is 202 Å². The number of hydrazine groups is 1. The summed E-state index contributed by atoms with van der Waals surface area (Å²) in [5.41, 5.74) is 14.1. The summed E-state index contributed by atoms with van der Waals surface area (Å²) in [5.74, 6) is 0.650. The van der Waals surface area contributed by atoms with Gasteiger partial charge in [-0.25, -0.2) is 16.3 Å². The number of rotatable bonds is 7. The molecule has 1 saturated heterocycles. The third-order valence-corrected chi connectivity index (χ3v) is 6.15. The second-order valence-corrected chi connectivity index (χ2v) is 9.07. The number of halogens is 1. The molecule has 2 unspecified atom stereocenters. The second kappa shape index (κ2) is 10.7. The summed E-state index contributed by atoms with van der Waals surface area (Å²) in [7, 11) is 0. The number of benzene rings is 3. The number of hydrogen-bond donors (Lipinski definition) is 3. The number of carbonyl (C=O) groups is 1. The van der Waals surface area contributed by atoms with E-state index in [0.717, 1.165) is 32.6 Å². The number of nitrogens with one attached hydrogen (secondary N) is 3. The number of carbonyl (C=O) groups excluding carboxylic acids is 1. The maximum Gasteiger partial charge on any atom is 0.258 e. The van der Waals surface area contributed by atoms with Crippen molar-refractivity contribution in [2.45, 2.75) is 39.0 Å². The minimum Gasteiger partial charge on any atom is -0.489 e. The van der Waals surface area contributed by atoms with E-state index in [1.54, 1.807) is 0 Å². The van der Waals surface area contributed by atoms with Crippen molar-refractivity contribution in [1.29, 1.82) is 0 Å². The van der Waals surface area contributed by atoms with Crippen molar-refractivity contribution < 1.29 is 9.53 Å².